The molecule has 0 unspecified atom stereocenters. The highest BCUT2D eigenvalue weighted by Crippen LogP contribution is 2.06. The summed E-state index contributed by atoms with van der Waals surface area (Å²) >= 11 is 0. The number of rotatable bonds is 6. The van der Waals surface area contributed by atoms with Crippen LogP contribution in [0.5, 0.6) is 0 Å². The summed E-state index contributed by atoms with van der Waals surface area (Å²) in [5.41, 5.74) is 0. The van der Waals surface area contributed by atoms with Crippen molar-refractivity contribution in [2.45, 2.75) is 19.4 Å². The van der Waals surface area contributed by atoms with Gasteiger partial charge in [0.05, 0.1) is 36.4 Å². The molecule has 1 heterocycles. The standard InChI is InChI=1S/C10H13N5O3/c1-13(6-2-5-11)10(16)4-8-14-7-3-9(12-14)15(17)18/h3,7H,2,4,6,8H2,1H3. The Labute approximate surface area is 104 Å². The highest BCUT2D eigenvalue weighted by molar-refractivity contribution is 5.75. The van der Waals surface area contributed by atoms with E-state index in [2.05, 4.69) is 5.10 Å². The summed E-state index contributed by atoms with van der Waals surface area (Å²) in [6.07, 6.45) is 1.94. The minimum Gasteiger partial charge on any atom is -0.358 e. The molecule has 0 saturated carbocycles. The van der Waals surface area contributed by atoms with Crippen LogP contribution in [-0.4, -0.2) is 39.1 Å². The van der Waals surface area contributed by atoms with Gasteiger partial charge in [0.2, 0.25) is 5.91 Å². The Morgan fingerprint density at radius 2 is 2.44 bits per heavy atom. The van der Waals surface area contributed by atoms with Crippen molar-refractivity contribution in [2.75, 3.05) is 13.6 Å². The van der Waals surface area contributed by atoms with Gasteiger partial charge in [0, 0.05) is 20.0 Å². The van der Waals surface area contributed by atoms with E-state index in [0.717, 1.165) is 0 Å². The number of nitro groups is 1. The maximum Gasteiger partial charge on any atom is 0.389 e. The van der Waals surface area contributed by atoms with Gasteiger partial charge in [0.15, 0.2) is 0 Å². The first-order valence-electron chi connectivity index (χ1n) is 5.33. The maximum absolute atomic E-state index is 11.6. The zero-order chi connectivity index (χ0) is 13.5. The van der Waals surface area contributed by atoms with Gasteiger partial charge >= 0.3 is 5.82 Å². The van der Waals surface area contributed by atoms with Gasteiger partial charge in [-0.05, 0) is 4.92 Å². The zero-order valence-corrected chi connectivity index (χ0v) is 9.94. The summed E-state index contributed by atoms with van der Waals surface area (Å²) in [6.45, 7) is 0.665. The minimum atomic E-state index is -0.586. The quantitative estimate of drug-likeness (QED) is 0.542. The fraction of sp³-hybridized carbons (Fsp3) is 0.500. The molecule has 0 aliphatic carbocycles. The van der Waals surface area contributed by atoms with E-state index in [0.29, 0.717) is 6.54 Å². The first-order valence-corrected chi connectivity index (χ1v) is 5.33. The van der Waals surface area contributed by atoms with Crippen molar-refractivity contribution in [3.8, 4) is 6.07 Å². The van der Waals surface area contributed by atoms with Crippen molar-refractivity contribution in [3.63, 3.8) is 0 Å². The van der Waals surface area contributed by atoms with E-state index in [1.807, 2.05) is 6.07 Å². The lowest BCUT2D eigenvalue weighted by molar-refractivity contribution is -0.389. The van der Waals surface area contributed by atoms with Crippen LogP contribution in [0.1, 0.15) is 12.8 Å². The third-order valence-corrected chi connectivity index (χ3v) is 2.35. The second-order valence-electron chi connectivity index (χ2n) is 3.67. The van der Waals surface area contributed by atoms with Gasteiger partial charge in [-0.15, -0.1) is 0 Å². The van der Waals surface area contributed by atoms with Gasteiger partial charge < -0.3 is 15.0 Å². The van der Waals surface area contributed by atoms with Crippen LogP contribution in [0.25, 0.3) is 0 Å². The molecule has 8 nitrogen and oxygen atoms in total. The highest BCUT2D eigenvalue weighted by atomic mass is 16.6. The molecule has 0 aliphatic heterocycles. The fourth-order valence-corrected chi connectivity index (χ4v) is 1.32. The monoisotopic (exact) mass is 251 g/mol. The Kier molecular flexibility index (Phi) is 4.80. The summed E-state index contributed by atoms with van der Waals surface area (Å²) < 4.78 is 1.36. The third kappa shape index (κ3) is 3.86. The number of nitriles is 1. The normalized spacial score (nSPS) is 9.78. The number of aryl methyl sites for hydroxylation is 1. The molecule has 0 aliphatic rings. The first kappa shape index (κ1) is 13.6. The van der Waals surface area contributed by atoms with Crippen LogP contribution in [0.15, 0.2) is 12.3 Å². The van der Waals surface area contributed by atoms with Crippen molar-refractivity contribution >= 4 is 11.7 Å². The van der Waals surface area contributed by atoms with Gasteiger partial charge in [-0.1, -0.05) is 0 Å². The lowest BCUT2D eigenvalue weighted by Crippen LogP contribution is -2.28. The number of nitrogens with zero attached hydrogens (tertiary/aromatic N) is 5. The molecule has 0 atom stereocenters. The number of aromatic nitrogens is 2. The second-order valence-corrected chi connectivity index (χ2v) is 3.67. The predicted molar refractivity (Wildman–Crippen MR) is 61.4 cm³/mol. The molecule has 0 fully saturated rings. The largest absolute Gasteiger partial charge is 0.389 e. The van der Waals surface area contributed by atoms with Crippen LogP contribution in [0.3, 0.4) is 0 Å². The van der Waals surface area contributed by atoms with Crippen molar-refractivity contribution in [1.29, 1.82) is 5.26 Å². The van der Waals surface area contributed by atoms with Crippen LogP contribution in [0.2, 0.25) is 0 Å². The average Bonchev–Trinajstić information content (AvgIpc) is 2.81. The van der Waals surface area contributed by atoms with Gasteiger partial charge in [-0.3, -0.25) is 4.79 Å². The molecular formula is C10H13N5O3. The van der Waals surface area contributed by atoms with Crippen LogP contribution < -0.4 is 0 Å². The van der Waals surface area contributed by atoms with Crippen LogP contribution >= 0.6 is 0 Å². The Morgan fingerprint density at radius 3 is 3.00 bits per heavy atom. The van der Waals surface area contributed by atoms with Gasteiger partial charge in [-0.2, -0.15) is 9.94 Å². The fourth-order valence-electron chi connectivity index (χ4n) is 1.32. The topological polar surface area (TPSA) is 105 Å². The lowest BCUT2D eigenvalue weighted by Gasteiger charge is -2.14. The van der Waals surface area contributed by atoms with Crippen LogP contribution in [-0.2, 0) is 11.3 Å². The Balaban J connectivity index is 2.42. The molecule has 1 aromatic rings. The van der Waals surface area contributed by atoms with Crippen molar-refractivity contribution in [3.05, 3.63) is 22.4 Å². The van der Waals surface area contributed by atoms with Crippen molar-refractivity contribution < 1.29 is 9.72 Å². The summed E-state index contributed by atoms with van der Waals surface area (Å²) in [6, 6.07) is 3.24. The molecule has 18 heavy (non-hydrogen) atoms. The average molecular weight is 251 g/mol. The maximum atomic E-state index is 11.6. The smallest absolute Gasteiger partial charge is 0.358 e. The first-order chi connectivity index (χ1) is 8.54. The molecule has 1 aromatic heterocycles. The number of carbonyl (C=O) groups is 1. The summed E-state index contributed by atoms with van der Waals surface area (Å²) in [5.74, 6) is -0.358. The van der Waals surface area contributed by atoms with Crippen molar-refractivity contribution in [2.24, 2.45) is 0 Å². The highest BCUT2D eigenvalue weighted by Gasteiger charge is 2.13. The molecule has 0 bridgehead atoms. The van der Waals surface area contributed by atoms with Gasteiger partial charge in [-0.25, -0.2) is 0 Å². The molecular weight excluding hydrogens is 238 g/mol. The van der Waals surface area contributed by atoms with E-state index in [1.165, 1.54) is 21.8 Å². The van der Waals surface area contributed by atoms with E-state index in [9.17, 15) is 14.9 Å². The number of hydrogen-bond acceptors (Lipinski definition) is 5. The van der Waals surface area contributed by atoms with Gasteiger partial charge in [0.1, 0.15) is 0 Å². The molecule has 0 radical (unpaired) electrons. The Hall–Kier alpha value is -2.43. The summed E-state index contributed by atoms with van der Waals surface area (Å²) in [7, 11) is 1.62. The van der Waals surface area contributed by atoms with E-state index < -0.39 is 4.92 Å². The molecule has 0 saturated heterocycles. The predicted octanol–water partition coefficient (Wildman–Crippen LogP) is 0.553. The van der Waals surface area contributed by atoms with E-state index in [1.54, 1.807) is 7.05 Å². The Morgan fingerprint density at radius 1 is 1.72 bits per heavy atom. The second kappa shape index (κ2) is 6.34. The van der Waals surface area contributed by atoms with E-state index >= 15 is 0 Å². The molecule has 0 spiro atoms. The lowest BCUT2D eigenvalue weighted by atomic mass is 10.3. The van der Waals surface area contributed by atoms with Crippen molar-refractivity contribution in [1.82, 2.24) is 14.7 Å². The number of hydrogen-bond donors (Lipinski definition) is 0. The van der Waals surface area contributed by atoms with Crippen LogP contribution in [0, 0.1) is 21.4 Å². The number of amides is 1. The van der Waals surface area contributed by atoms with Gasteiger partial charge in [0.25, 0.3) is 0 Å². The SMILES string of the molecule is CN(CCC#N)C(=O)CCn1ccc([N+](=O)[O-])n1. The number of carbonyl (C=O) groups excluding carboxylic acids is 1. The molecule has 1 rings (SSSR count). The summed E-state index contributed by atoms with van der Waals surface area (Å²) in [5, 5.41) is 22.5. The summed E-state index contributed by atoms with van der Waals surface area (Å²) in [4.78, 5) is 22.9. The molecule has 0 N–H and O–H groups in total. The molecule has 96 valence electrons. The molecule has 0 aromatic carbocycles. The van der Waals surface area contributed by atoms with Crippen LogP contribution in [0.4, 0.5) is 5.82 Å². The third-order valence-electron chi connectivity index (χ3n) is 2.35. The molecule has 8 heteroatoms. The van der Waals surface area contributed by atoms with E-state index in [4.69, 9.17) is 5.26 Å². The van der Waals surface area contributed by atoms with E-state index in [-0.39, 0.29) is 31.1 Å². The zero-order valence-electron chi connectivity index (χ0n) is 9.94. The minimum absolute atomic E-state index is 0.122. The Bertz CT molecular complexity index is 476. The molecule has 1 amide bonds.